The SMILES string of the molecule is COc1ccccc1C(=O)N[C@@H](C(=O)NCCc1nc2ccccc2[nH]1)C(C)C. The fourth-order valence-electron chi connectivity index (χ4n) is 3.12. The quantitative estimate of drug-likeness (QED) is 0.547. The van der Waals surface area contributed by atoms with Crippen LogP contribution in [-0.2, 0) is 11.2 Å². The van der Waals surface area contributed by atoms with Crippen molar-refractivity contribution in [3.8, 4) is 5.75 Å². The first-order chi connectivity index (χ1) is 14.0. The van der Waals surface area contributed by atoms with Crippen molar-refractivity contribution in [2.45, 2.75) is 26.3 Å². The van der Waals surface area contributed by atoms with Gasteiger partial charge in [0.15, 0.2) is 0 Å². The van der Waals surface area contributed by atoms with E-state index in [4.69, 9.17) is 4.74 Å². The minimum absolute atomic E-state index is 0.0696. The molecule has 7 nitrogen and oxygen atoms in total. The predicted molar refractivity (Wildman–Crippen MR) is 112 cm³/mol. The molecule has 152 valence electrons. The number of aromatic amines is 1. The first kappa shape index (κ1) is 20.4. The van der Waals surface area contributed by atoms with Crippen LogP contribution in [0.1, 0.15) is 30.0 Å². The Morgan fingerprint density at radius 3 is 2.55 bits per heavy atom. The Kier molecular flexibility index (Phi) is 6.49. The zero-order valence-corrected chi connectivity index (χ0v) is 16.9. The standard InChI is InChI=1S/C22H26N4O3/c1-14(2)20(26-21(27)15-8-4-7-11-18(15)29-3)22(28)23-13-12-19-24-16-9-5-6-10-17(16)25-19/h4-11,14,20H,12-13H2,1-3H3,(H,23,28)(H,24,25)(H,26,27)/t20-/m1/s1. The van der Waals surface area contributed by atoms with Crippen LogP contribution in [0.3, 0.4) is 0 Å². The lowest BCUT2D eigenvalue weighted by atomic mass is 10.0. The number of nitrogens with one attached hydrogen (secondary N) is 3. The fraction of sp³-hybridized carbons (Fsp3) is 0.318. The third-order valence-corrected chi connectivity index (χ3v) is 4.69. The van der Waals surface area contributed by atoms with Gasteiger partial charge in [-0.1, -0.05) is 38.1 Å². The van der Waals surface area contributed by atoms with E-state index in [-0.39, 0.29) is 17.7 Å². The van der Waals surface area contributed by atoms with Gasteiger partial charge in [0.25, 0.3) is 5.91 Å². The molecule has 2 aromatic carbocycles. The molecule has 0 aliphatic rings. The van der Waals surface area contributed by atoms with Crippen molar-refractivity contribution < 1.29 is 14.3 Å². The van der Waals surface area contributed by atoms with Gasteiger partial charge in [-0.3, -0.25) is 9.59 Å². The monoisotopic (exact) mass is 394 g/mol. The molecule has 0 saturated carbocycles. The molecule has 7 heteroatoms. The summed E-state index contributed by atoms with van der Waals surface area (Å²) < 4.78 is 5.24. The smallest absolute Gasteiger partial charge is 0.255 e. The molecule has 29 heavy (non-hydrogen) atoms. The summed E-state index contributed by atoms with van der Waals surface area (Å²) in [6.45, 7) is 4.21. The summed E-state index contributed by atoms with van der Waals surface area (Å²) >= 11 is 0. The lowest BCUT2D eigenvalue weighted by Crippen LogP contribution is -2.50. The number of benzene rings is 2. The number of methoxy groups -OCH3 is 1. The van der Waals surface area contributed by atoms with Crippen molar-refractivity contribution in [1.29, 1.82) is 0 Å². The molecular formula is C22H26N4O3. The van der Waals surface area contributed by atoms with Gasteiger partial charge in [-0.15, -0.1) is 0 Å². The average molecular weight is 394 g/mol. The predicted octanol–water partition coefficient (Wildman–Crippen LogP) is 2.68. The molecule has 0 fully saturated rings. The van der Waals surface area contributed by atoms with Crippen molar-refractivity contribution in [2.75, 3.05) is 13.7 Å². The number of hydrogen-bond donors (Lipinski definition) is 3. The van der Waals surface area contributed by atoms with E-state index in [9.17, 15) is 9.59 Å². The molecule has 3 rings (SSSR count). The first-order valence-corrected chi connectivity index (χ1v) is 9.65. The van der Waals surface area contributed by atoms with Gasteiger partial charge in [0, 0.05) is 13.0 Å². The highest BCUT2D eigenvalue weighted by Crippen LogP contribution is 2.17. The maximum atomic E-state index is 12.7. The number of aromatic nitrogens is 2. The van der Waals surface area contributed by atoms with Gasteiger partial charge in [-0.25, -0.2) is 4.98 Å². The number of para-hydroxylation sites is 3. The lowest BCUT2D eigenvalue weighted by molar-refractivity contribution is -0.123. The van der Waals surface area contributed by atoms with E-state index in [2.05, 4.69) is 20.6 Å². The van der Waals surface area contributed by atoms with E-state index in [0.717, 1.165) is 16.9 Å². The molecule has 1 heterocycles. The minimum atomic E-state index is -0.650. The van der Waals surface area contributed by atoms with Gasteiger partial charge in [-0.05, 0) is 30.2 Å². The van der Waals surface area contributed by atoms with Crippen molar-refractivity contribution in [3.05, 3.63) is 59.9 Å². The van der Waals surface area contributed by atoms with E-state index in [1.54, 1.807) is 24.3 Å². The number of H-pyrrole nitrogens is 1. The number of carbonyl (C=O) groups excluding carboxylic acids is 2. The van der Waals surface area contributed by atoms with Gasteiger partial charge in [0.05, 0.1) is 23.7 Å². The number of nitrogens with zero attached hydrogens (tertiary/aromatic N) is 1. The zero-order valence-electron chi connectivity index (χ0n) is 16.9. The summed E-state index contributed by atoms with van der Waals surface area (Å²) in [6.07, 6.45) is 0.575. The molecule has 1 aromatic heterocycles. The van der Waals surface area contributed by atoms with Crippen LogP contribution in [0.15, 0.2) is 48.5 Å². The molecule has 0 unspecified atom stereocenters. The van der Waals surface area contributed by atoms with Crippen LogP contribution in [0.4, 0.5) is 0 Å². The molecule has 0 saturated heterocycles. The third kappa shape index (κ3) is 4.93. The van der Waals surface area contributed by atoms with E-state index in [0.29, 0.717) is 24.3 Å². The Bertz CT molecular complexity index is 963. The lowest BCUT2D eigenvalue weighted by Gasteiger charge is -2.22. The van der Waals surface area contributed by atoms with Crippen LogP contribution >= 0.6 is 0 Å². The van der Waals surface area contributed by atoms with Crippen molar-refractivity contribution in [3.63, 3.8) is 0 Å². The molecule has 0 bridgehead atoms. The maximum Gasteiger partial charge on any atom is 0.255 e. The van der Waals surface area contributed by atoms with E-state index >= 15 is 0 Å². The second-order valence-corrected chi connectivity index (χ2v) is 7.14. The van der Waals surface area contributed by atoms with Crippen molar-refractivity contribution >= 4 is 22.8 Å². The van der Waals surface area contributed by atoms with Gasteiger partial charge < -0.3 is 20.4 Å². The summed E-state index contributed by atoms with van der Waals surface area (Å²) in [4.78, 5) is 33.1. The van der Waals surface area contributed by atoms with Crippen LogP contribution in [0.25, 0.3) is 11.0 Å². The van der Waals surface area contributed by atoms with Gasteiger partial charge in [0.1, 0.15) is 17.6 Å². The molecule has 0 radical (unpaired) electrons. The highest BCUT2D eigenvalue weighted by molar-refractivity contribution is 5.99. The van der Waals surface area contributed by atoms with Crippen molar-refractivity contribution in [2.24, 2.45) is 5.92 Å². The fourth-order valence-corrected chi connectivity index (χ4v) is 3.12. The molecule has 0 aliphatic heterocycles. The summed E-state index contributed by atoms with van der Waals surface area (Å²) in [5, 5.41) is 5.72. The second kappa shape index (κ2) is 9.23. The number of carbonyl (C=O) groups is 2. The number of rotatable bonds is 8. The summed E-state index contributed by atoms with van der Waals surface area (Å²) in [7, 11) is 1.51. The minimum Gasteiger partial charge on any atom is -0.496 e. The van der Waals surface area contributed by atoms with Crippen LogP contribution in [0, 0.1) is 5.92 Å². The topological polar surface area (TPSA) is 96.1 Å². The highest BCUT2D eigenvalue weighted by Gasteiger charge is 2.25. The van der Waals surface area contributed by atoms with Gasteiger partial charge in [0.2, 0.25) is 5.91 Å². The maximum absolute atomic E-state index is 12.7. The number of amides is 2. The Labute approximate surface area is 169 Å². The van der Waals surface area contributed by atoms with Crippen LogP contribution < -0.4 is 15.4 Å². The Morgan fingerprint density at radius 1 is 1.10 bits per heavy atom. The molecule has 0 aliphatic carbocycles. The number of imidazole rings is 1. The molecule has 3 aromatic rings. The molecule has 1 atom stereocenters. The third-order valence-electron chi connectivity index (χ3n) is 4.69. The zero-order chi connectivity index (χ0) is 20.8. The molecular weight excluding hydrogens is 368 g/mol. The van der Waals surface area contributed by atoms with Crippen LogP contribution in [0.2, 0.25) is 0 Å². The Hall–Kier alpha value is -3.35. The first-order valence-electron chi connectivity index (χ1n) is 9.65. The number of ether oxygens (including phenoxy) is 1. The van der Waals surface area contributed by atoms with Gasteiger partial charge in [-0.2, -0.15) is 0 Å². The number of fused-ring (bicyclic) bond motifs is 1. The molecule has 2 amide bonds. The van der Waals surface area contributed by atoms with Crippen molar-refractivity contribution in [1.82, 2.24) is 20.6 Å². The van der Waals surface area contributed by atoms with Gasteiger partial charge >= 0.3 is 0 Å². The summed E-state index contributed by atoms with van der Waals surface area (Å²) in [5.41, 5.74) is 2.27. The average Bonchev–Trinajstić information content (AvgIpc) is 3.14. The molecule has 3 N–H and O–H groups in total. The van der Waals surface area contributed by atoms with E-state index in [1.165, 1.54) is 7.11 Å². The summed E-state index contributed by atoms with van der Waals surface area (Å²) in [6, 6.07) is 14.1. The van der Waals surface area contributed by atoms with E-state index < -0.39 is 6.04 Å². The van der Waals surface area contributed by atoms with E-state index in [1.807, 2.05) is 38.1 Å². The normalized spacial score (nSPS) is 12.0. The van der Waals surface area contributed by atoms with Crippen LogP contribution in [-0.4, -0.2) is 41.5 Å². The number of hydrogen-bond acceptors (Lipinski definition) is 4. The Balaban J connectivity index is 1.59. The Morgan fingerprint density at radius 2 is 1.83 bits per heavy atom. The highest BCUT2D eigenvalue weighted by atomic mass is 16.5. The summed E-state index contributed by atoms with van der Waals surface area (Å²) in [5.74, 6) is 0.649. The molecule has 0 spiro atoms. The van der Waals surface area contributed by atoms with Crippen LogP contribution in [0.5, 0.6) is 5.75 Å². The largest absolute Gasteiger partial charge is 0.496 e. The second-order valence-electron chi connectivity index (χ2n) is 7.14.